The first kappa shape index (κ1) is 10.2. The second kappa shape index (κ2) is 4.99. The Morgan fingerprint density at radius 3 is 3.00 bits per heavy atom. The van der Waals surface area contributed by atoms with E-state index in [1.54, 1.807) is 6.20 Å². The third-order valence-corrected chi connectivity index (χ3v) is 1.74. The van der Waals surface area contributed by atoms with Crippen molar-refractivity contribution in [1.29, 1.82) is 0 Å². The van der Waals surface area contributed by atoms with Gasteiger partial charge in [0.05, 0.1) is 12.4 Å². The van der Waals surface area contributed by atoms with Gasteiger partial charge in [-0.1, -0.05) is 11.6 Å². The Balaban J connectivity index is 2.53. The highest BCUT2D eigenvalue weighted by Gasteiger charge is 2.02. The van der Waals surface area contributed by atoms with Gasteiger partial charge in [0.2, 0.25) is 0 Å². The molecular formula is C8H12ClN3O. The average molecular weight is 202 g/mol. The molecule has 0 aliphatic carbocycles. The molecule has 0 amide bonds. The quantitative estimate of drug-likeness (QED) is 0.772. The minimum Gasteiger partial charge on any atom is -0.396 e. The highest BCUT2D eigenvalue weighted by Crippen LogP contribution is 2.08. The molecule has 1 rings (SSSR count). The zero-order chi connectivity index (χ0) is 9.68. The Hall–Kier alpha value is -0.870. The maximum absolute atomic E-state index is 8.67. The van der Waals surface area contributed by atoms with Crippen LogP contribution >= 0.6 is 11.6 Å². The van der Waals surface area contributed by atoms with Crippen molar-refractivity contribution in [2.75, 3.05) is 11.9 Å². The van der Waals surface area contributed by atoms with E-state index < -0.39 is 0 Å². The third kappa shape index (κ3) is 3.57. The molecule has 0 unspecified atom stereocenters. The maximum Gasteiger partial charge on any atom is 0.149 e. The van der Waals surface area contributed by atoms with Gasteiger partial charge in [0.1, 0.15) is 11.0 Å². The van der Waals surface area contributed by atoms with E-state index in [0.717, 1.165) is 0 Å². The number of aromatic nitrogens is 2. The zero-order valence-electron chi connectivity index (χ0n) is 7.37. The van der Waals surface area contributed by atoms with E-state index in [9.17, 15) is 0 Å². The number of anilines is 1. The molecule has 0 fully saturated rings. The minimum atomic E-state index is 0.155. The molecule has 0 radical (unpaired) electrons. The van der Waals surface area contributed by atoms with Gasteiger partial charge in [-0.2, -0.15) is 0 Å². The normalized spacial score (nSPS) is 12.5. The summed E-state index contributed by atoms with van der Waals surface area (Å²) in [6.07, 6.45) is 3.75. The van der Waals surface area contributed by atoms with Crippen molar-refractivity contribution in [2.45, 2.75) is 19.4 Å². The Morgan fingerprint density at radius 1 is 1.62 bits per heavy atom. The SMILES string of the molecule is C[C@H](CCO)Nc1cncc(Cl)n1. The first-order valence-electron chi connectivity index (χ1n) is 4.07. The van der Waals surface area contributed by atoms with Gasteiger partial charge in [0.15, 0.2) is 0 Å². The maximum atomic E-state index is 8.67. The molecule has 0 aromatic carbocycles. The van der Waals surface area contributed by atoms with Crippen LogP contribution in [0.4, 0.5) is 5.82 Å². The van der Waals surface area contributed by atoms with E-state index in [4.69, 9.17) is 16.7 Å². The molecule has 72 valence electrons. The van der Waals surface area contributed by atoms with Crippen LogP contribution < -0.4 is 5.32 Å². The second-order valence-corrected chi connectivity index (χ2v) is 3.17. The summed E-state index contributed by atoms with van der Waals surface area (Å²) in [6, 6.07) is 0.165. The van der Waals surface area contributed by atoms with Crippen LogP contribution in [-0.4, -0.2) is 27.7 Å². The smallest absolute Gasteiger partial charge is 0.149 e. The summed E-state index contributed by atoms with van der Waals surface area (Å²) in [6.45, 7) is 2.11. The molecule has 0 aliphatic rings. The first-order valence-corrected chi connectivity index (χ1v) is 4.45. The predicted molar refractivity (Wildman–Crippen MR) is 51.8 cm³/mol. The van der Waals surface area contributed by atoms with Crippen LogP contribution in [-0.2, 0) is 0 Å². The summed E-state index contributed by atoms with van der Waals surface area (Å²) in [5.41, 5.74) is 0. The number of hydrogen-bond donors (Lipinski definition) is 2. The lowest BCUT2D eigenvalue weighted by Gasteiger charge is -2.12. The fourth-order valence-electron chi connectivity index (χ4n) is 0.930. The van der Waals surface area contributed by atoms with Gasteiger partial charge >= 0.3 is 0 Å². The van der Waals surface area contributed by atoms with Gasteiger partial charge in [0.25, 0.3) is 0 Å². The van der Waals surface area contributed by atoms with Crippen LogP contribution in [0.15, 0.2) is 12.4 Å². The van der Waals surface area contributed by atoms with Crippen molar-refractivity contribution in [3.05, 3.63) is 17.5 Å². The van der Waals surface area contributed by atoms with Gasteiger partial charge in [-0.05, 0) is 13.3 Å². The molecule has 0 saturated heterocycles. The number of rotatable bonds is 4. The highest BCUT2D eigenvalue weighted by atomic mass is 35.5. The molecule has 1 aromatic rings. The molecule has 0 bridgehead atoms. The van der Waals surface area contributed by atoms with E-state index in [0.29, 0.717) is 17.4 Å². The van der Waals surface area contributed by atoms with E-state index in [2.05, 4.69) is 15.3 Å². The summed E-state index contributed by atoms with van der Waals surface area (Å²) >= 11 is 5.64. The summed E-state index contributed by atoms with van der Waals surface area (Å²) in [7, 11) is 0. The van der Waals surface area contributed by atoms with Crippen molar-refractivity contribution in [1.82, 2.24) is 9.97 Å². The van der Waals surface area contributed by atoms with Crippen LogP contribution in [0.2, 0.25) is 5.15 Å². The van der Waals surface area contributed by atoms with E-state index in [1.807, 2.05) is 6.92 Å². The van der Waals surface area contributed by atoms with E-state index >= 15 is 0 Å². The standard InChI is InChI=1S/C8H12ClN3O/c1-6(2-3-13)11-8-5-10-4-7(9)12-8/h4-6,13H,2-3H2,1H3,(H,11,12)/t6-/m1/s1. The van der Waals surface area contributed by atoms with Crippen LogP contribution in [0.3, 0.4) is 0 Å². The molecule has 5 heteroatoms. The summed E-state index contributed by atoms with van der Waals surface area (Å²) in [5, 5.41) is 12.1. The molecule has 1 atom stereocenters. The minimum absolute atomic E-state index is 0.155. The number of hydrogen-bond acceptors (Lipinski definition) is 4. The fraction of sp³-hybridized carbons (Fsp3) is 0.500. The molecule has 0 saturated carbocycles. The Labute approximate surface area is 82.0 Å². The van der Waals surface area contributed by atoms with Crippen LogP contribution in [0.1, 0.15) is 13.3 Å². The van der Waals surface area contributed by atoms with Gasteiger partial charge in [-0.3, -0.25) is 4.98 Å². The van der Waals surface area contributed by atoms with Gasteiger partial charge < -0.3 is 10.4 Å². The van der Waals surface area contributed by atoms with Crippen molar-refractivity contribution < 1.29 is 5.11 Å². The average Bonchev–Trinajstić information content (AvgIpc) is 2.04. The number of nitrogens with zero attached hydrogens (tertiary/aromatic N) is 2. The molecule has 4 nitrogen and oxygen atoms in total. The lowest BCUT2D eigenvalue weighted by atomic mass is 10.2. The van der Waals surface area contributed by atoms with E-state index in [-0.39, 0.29) is 12.6 Å². The fourth-order valence-corrected chi connectivity index (χ4v) is 1.08. The van der Waals surface area contributed by atoms with Crippen LogP contribution in [0.5, 0.6) is 0 Å². The lowest BCUT2D eigenvalue weighted by molar-refractivity contribution is 0.282. The zero-order valence-corrected chi connectivity index (χ0v) is 8.12. The molecule has 13 heavy (non-hydrogen) atoms. The molecule has 2 N–H and O–H groups in total. The summed E-state index contributed by atoms with van der Waals surface area (Å²) in [5.74, 6) is 0.633. The number of halogens is 1. The number of nitrogens with one attached hydrogen (secondary N) is 1. The third-order valence-electron chi connectivity index (χ3n) is 1.56. The van der Waals surface area contributed by atoms with Crippen molar-refractivity contribution >= 4 is 17.4 Å². The number of aliphatic hydroxyl groups excluding tert-OH is 1. The van der Waals surface area contributed by atoms with Crippen molar-refractivity contribution in [2.24, 2.45) is 0 Å². The largest absolute Gasteiger partial charge is 0.396 e. The monoisotopic (exact) mass is 201 g/mol. The van der Waals surface area contributed by atoms with Crippen molar-refractivity contribution in [3.63, 3.8) is 0 Å². The summed E-state index contributed by atoms with van der Waals surface area (Å²) in [4.78, 5) is 7.88. The van der Waals surface area contributed by atoms with Gasteiger partial charge in [0, 0.05) is 12.6 Å². The Morgan fingerprint density at radius 2 is 2.38 bits per heavy atom. The molecule has 0 aliphatic heterocycles. The van der Waals surface area contributed by atoms with Gasteiger partial charge in [-0.25, -0.2) is 4.98 Å². The molecule has 1 heterocycles. The highest BCUT2D eigenvalue weighted by molar-refractivity contribution is 6.29. The van der Waals surface area contributed by atoms with Crippen LogP contribution in [0.25, 0.3) is 0 Å². The van der Waals surface area contributed by atoms with E-state index in [1.165, 1.54) is 6.20 Å². The first-order chi connectivity index (χ1) is 6.22. The topological polar surface area (TPSA) is 58.0 Å². The summed E-state index contributed by atoms with van der Waals surface area (Å²) < 4.78 is 0. The second-order valence-electron chi connectivity index (χ2n) is 2.78. The van der Waals surface area contributed by atoms with Crippen molar-refractivity contribution in [3.8, 4) is 0 Å². The molecule has 1 aromatic heterocycles. The number of aliphatic hydroxyl groups is 1. The predicted octanol–water partition coefficient (Wildman–Crippen LogP) is 1.31. The Bertz CT molecular complexity index is 269. The lowest BCUT2D eigenvalue weighted by Crippen LogP contribution is -2.17. The molecular weight excluding hydrogens is 190 g/mol. The Kier molecular flexibility index (Phi) is 3.92. The molecule has 0 spiro atoms. The van der Waals surface area contributed by atoms with Gasteiger partial charge in [-0.15, -0.1) is 0 Å². The van der Waals surface area contributed by atoms with Crippen LogP contribution in [0, 0.1) is 0 Å².